The smallest absolute Gasteiger partial charge is 0.416 e. The number of halogens is 6. The van der Waals surface area contributed by atoms with E-state index in [4.69, 9.17) is 9.57 Å². The fourth-order valence-corrected chi connectivity index (χ4v) is 4.14. The first-order chi connectivity index (χ1) is 21.8. The highest BCUT2D eigenvalue weighted by atomic mass is 19.4. The standard InChI is InChI=1S/C33H26F6N2O5/c1-44-31(43)28-13-12-27(19-29(28)41-30(42)24-16-25(32(34,35)36)18-26(17-24)33(37,38)39)45-14-5-15-46-40-20-21-8-10-23(11-9-21)22-6-3-2-4-7-22/h2-4,6-13,16-20H,5,14-15H2,1H3,(H,41,42)/b40-20-. The predicted molar refractivity (Wildman–Crippen MR) is 158 cm³/mol. The number of methoxy groups -OCH3 is 1. The summed E-state index contributed by atoms with van der Waals surface area (Å²) in [5.74, 6) is -2.09. The Morgan fingerprint density at radius 3 is 2.02 bits per heavy atom. The van der Waals surface area contributed by atoms with Gasteiger partial charge in [0.05, 0.1) is 42.3 Å². The number of ether oxygens (including phenoxy) is 2. The summed E-state index contributed by atoms with van der Waals surface area (Å²) in [5, 5.41) is 6.11. The summed E-state index contributed by atoms with van der Waals surface area (Å²) >= 11 is 0. The number of amides is 1. The van der Waals surface area contributed by atoms with Gasteiger partial charge in [0.1, 0.15) is 12.4 Å². The van der Waals surface area contributed by atoms with Crippen LogP contribution >= 0.6 is 0 Å². The SMILES string of the molecule is COC(=O)c1ccc(OCCCO/N=C\c2ccc(-c3ccccc3)cc2)cc1NC(=O)c1cc(C(F)(F)F)cc(C(F)(F)F)c1. The van der Waals surface area contributed by atoms with Crippen molar-refractivity contribution in [2.24, 2.45) is 5.16 Å². The molecule has 7 nitrogen and oxygen atoms in total. The second kappa shape index (κ2) is 14.6. The van der Waals surface area contributed by atoms with Gasteiger partial charge in [0.15, 0.2) is 0 Å². The van der Waals surface area contributed by atoms with Crippen LogP contribution < -0.4 is 10.1 Å². The second-order valence-corrected chi connectivity index (χ2v) is 9.71. The third-order valence-corrected chi connectivity index (χ3v) is 6.44. The topological polar surface area (TPSA) is 86.2 Å². The second-order valence-electron chi connectivity index (χ2n) is 9.71. The number of oxime groups is 1. The highest BCUT2D eigenvalue weighted by Gasteiger charge is 2.37. The number of nitrogens with zero attached hydrogens (tertiary/aromatic N) is 1. The third-order valence-electron chi connectivity index (χ3n) is 6.44. The zero-order chi connectivity index (χ0) is 33.3. The summed E-state index contributed by atoms with van der Waals surface area (Å²) in [6.45, 7) is 0.286. The van der Waals surface area contributed by atoms with Crippen LogP contribution in [0.25, 0.3) is 11.1 Å². The maximum absolute atomic E-state index is 13.3. The number of hydrogen-bond acceptors (Lipinski definition) is 6. The van der Waals surface area contributed by atoms with Crippen molar-refractivity contribution < 1.29 is 50.2 Å². The summed E-state index contributed by atoms with van der Waals surface area (Å²) in [7, 11) is 1.06. The van der Waals surface area contributed by atoms with Crippen LogP contribution in [0.15, 0.2) is 96.2 Å². The fourth-order valence-electron chi connectivity index (χ4n) is 4.14. The van der Waals surface area contributed by atoms with Gasteiger partial charge in [-0.3, -0.25) is 4.79 Å². The van der Waals surface area contributed by atoms with E-state index < -0.39 is 40.9 Å². The van der Waals surface area contributed by atoms with Crippen LogP contribution in [0.4, 0.5) is 32.0 Å². The first-order valence-corrected chi connectivity index (χ1v) is 13.6. The molecule has 0 spiro atoms. The van der Waals surface area contributed by atoms with E-state index in [2.05, 4.69) is 15.2 Å². The first kappa shape index (κ1) is 33.6. The van der Waals surface area contributed by atoms with Crippen LogP contribution in [0.3, 0.4) is 0 Å². The van der Waals surface area contributed by atoms with Gasteiger partial charge >= 0.3 is 18.3 Å². The lowest BCUT2D eigenvalue weighted by Crippen LogP contribution is -2.19. The Kier molecular flexibility index (Phi) is 10.7. The average Bonchev–Trinajstić information content (AvgIpc) is 3.03. The van der Waals surface area contributed by atoms with Crippen LogP contribution in [0, 0.1) is 0 Å². The number of nitrogens with one attached hydrogen (secondary N) is 1. The molecule has 0 aliphatic rings. The van der Waals surface area contributed by atoms with Gasteiger partial charge in [0.2, 0.25) is 0 Å². The molecule has 0 atom stereocenters. The van der Waals surface area contributed by atoms with Crippen molar-refractivity contribution in [2.75, 3.05) is 25.6 Å². The normalized spacial score (nSPS) is 11.7. The van der Waals surface area contributed by atoms with Crippen molar-refractivity contribution in [2.45, 2.75) is 18.8 Å². The van der Waals surface area contributed by atoms with Crippen molar-refractivity contribution in [1.29, 1.82) is 0 Å². The van der Waals surface area contributed by atoms with E-state index in [9.17, 15) is 35.9 Å². The molecule has 0 heterocycles. The van der Waals surface area contributed by atoms with Crippen LogP contribution in [0.2, 0.25) is 0 Å². The van der Waals surface area contributed by atoms with Crippen molar-refractivity contribution in [3.05, 3.63) is 119 Å². The molecule has 0 saturated carbocycles. The van der Waals surface area contributed by atoms with Crippen molar-refractivity contribution >= 4 is 23.8 Å². The van der Waals surface area contributed by atoms with E-state index in [1.54, 1.807) is 6.21 Å². The van der Waals surface area contributed by atoms with Crippen molar-refractivity contribution in [1.82, 2.24) is 0 Å². The van der Waals surface area contributed by atoms with E-state index in [0.717, 1.165) is 23.8 Å². The lowest BCUT2D eigenvalue weighted by atomic mass is 10.0. The van der Waals surface area contributed by atoms with E-state index in [1.807, 2.05) is 54.6 Å². The number of rotatable bonds is 11. The maximum Gasteiger partial charge on any atom is 0.416 e. The van der Waals surface area contributed by atoms with Crippen LogP contribution in [0.1, 0.15) is 43.8 Å². The molecule has 13 heteroatoms. The highest BCUT2D eigenvalue weighted by Crippen LogP contribution is 2.36. The lowest BCUT2D eigenvalue weighted by Gasteiger charge is -2.15. The van der Waals surface area contributed by atoms with Gasteiger partial charge in [0.25, 0.3) is 5.91 Å². The van der Waals surface area contributed by atoms with Gasteiger partial charge < -0.3 is 19.6 Å². The molecule has 0 bridgehead atoms. The van der Waals surface area contributed by atoms with E-state index in [0.29, 0.717) is 6.42 Å². The largest absolute Gasteiger partial charge is 0.493 e. The molecule has 0 aliphatic carbocycles. The Balaban J connectivity index is 1.36. The molecular formula is C33H26F6N2O5. The van der Waals surface area contributed by atoms with Crippen LogP contribution in [0.5, 0.6) is 5.75 Å². The minimum absolute atomic E-state index is 0.0938. The average molecular weight is 645 g/mol. The minimum atomic E-state index is -5.15. The van der Waals surface area contributed by atoms with E-state index >= 15 is 0 Å². The molecule has 0 fully saturated rings. The molecule has 4 rings (SSSR count). The fraction of sp³-hybridized carbons (Fsp3) is 0.182. The maximum atomic E-state index is 13.3. The molecule has 0 unspecified atom stereocenters. The van der Waals surface area contributed by atoms with E-state index in [-0.39, 0.29) is 48.4 Å². The minimum Gasteiger partial charge on any atom is -0.493 e. The third kappa shape index (κ3) is 9.10. The van der Waals surface area contributed by atoms with Crippen molar-refractivity contribution in [3.8, 4) is 16.9 Å². The Morgan fingerprint density at radius 1 is 0.783 bits per heavy atom. The van der Waals surface area contributed by atoms with Gasteiger partial charge in [-0.25, -0.2) is 4.79 Å². The number of hydrogen-bond donors (Lipinski definition) is 1. The number of alkyl halides is 6. The molecule has 46 heavy (non-hydrogen) atoms. The zero-order valence-corrected chi connectivity index (χ0v) is 24.1. The van der Waals surface area contributed by atoms with Gasteiger partial charge in [-0.2, -0.15) is 26.3 Å². The molecule has 0 aromatic heterocycles. The number of anilines is 1. The summed E-state index contributed by atoms with van der Waals surface area (Å²) in [5.41, 5.74) is -1.72. The Hall–Kier alpha value is -5.33. The number of benzene rings is 4. The van der Waals surface area contributed by atoms with Gasteiger partial charge in [-0.05, 0) is 47.0 Å². The Labute approximate surface area is 259 Å². The molecule has 0 aliphatic heterocycles. The molecule has 4 aromatic rings. The molecule has 0 radical (unpaired) electrons. The summed E-state index contributed by atoms with van der Waals surface area (Å²) in [6, 6.07) is 21.9. The number of carbonyl (C=O) groups excluding carboxylic acids is 2. The quantitative estimate of drug-likeness (QED) is 0.0585. The monoisotopic (exact) mass is 644 g/mol. The first-order valence-electron chi connectivity index (χ1n) is 13.6. The summed E-state index contributed by atoms with van der Waals surface area (Å²) < 4.78 is 89.9. The molecule has 1 amide bonds. The molecule has 4 aromatic carbocycles. The molecular weight excluding hydrogens is 618 g/mol. The predicted octanol–water partition coefficient (Wildman–Crippen LogP) is 8.25. The Morgan fingerprint density at radius 2 is 1.41 bits per heavy atom. The van der Waals surface area contributed by atoms with Crippen molar-refractivity contribution in [3.63, 3.8) is 0 Å². The molecule has 0 saturated heterocycles. The lowest BCUT2D eigenvalue weighted by molar-refractivity contribution is -0.143. The van der Waals surface area contributed by atoms with E-state index in [1.165, 1.54) is 18.2 Å². The summed E-state index contributed by atoms with van der Waals surface area (Å²) in [4.78, 5) is 30.3. The number of esters is 1. The van der Waals surface area contributed by atoms with Gasteiger partial charge in [-0.1, -0.05) is 59.8 Å². The highest BCUT2D eigenvalue weighted by molar-refractivity contribution is 6.08. The van der Waals surface area contributed by atoms with Gasteiger partial charge in [-0.15, -0.1) is 0 Å². The van der Waals surface area contributed by atoms with Crippen LogP contribution in [-0.4, -0.2) is 38.4 Å². The van der Waals surface area contributed by atoms with Crippen LogP contribution in [-0.2, 0) is 21.9 Å². The summed E-state index contributed by atoms with van der Waals surface area (Å²) in [6.07, 6.45) is -8.37. The number of carbonyl (C=O) groups is 2. The molecule has 240 valence electrons. The Bertz CT molecular complexity index is 1660. The molecule has 1 N–H and O–H groups in total. The van der Waals surface area contributed by atoms with Gasteiger partial charge in [0, 0.05) is 18.1 Å². The zero-order valence-electron chi connectivity index (χ0n) is 24.1.